The molecule has 0 fully saturated rings. The molecule has 0 radical (unpaired) electrons. The Kier molecular flexibility index (Phi) is 7.72. The number of fused-ring (bicyclic) bond motifs is 1. The van der Waals surface area contributed by atoms with Crippen LogP contribution < -0.4 is 9.47 Å². The van der Waals surface area contributed by atoms with Crippen LogP contribution in [-0.4, -0.2) is 41.8 Å². The van der Waals surface area contributed by atoms with Crippen molar-refractivity contribution in [2.45, 2.75) is 26.2 Å². The fourth-order valence-corrected chi connectivity index (χ4v) is 3.18. The van der Waals surface area contributed by atoms with Crippen LogP contribution in [0.2, 0.25) is 0 Å². The summed E-state index contributed by atoms with van der Waals surface area (Å²) in [6.45, 7) is 3.09. The topological polar surface area (TPSA) is 66.3 Å². The second-order valence-electron chi connectivity index (χ2n) is 5.90. The zero-order chi connectivity index (χ0) is 19.1. The molecule has 0 atom stereocenters. The van der Waals surface area contributed by atoms with E-state index in [1.54, 1.807) is 6.92 Å². The van der Waals surface area contributed by atoms with E-state index in [0.29, 0.717) is 18.2 Å². The molecule has 0 saturated carbocycles. The number of aryl methyl sites for hydroxylation is 2. The highest BCUT2D eigenvalue weighted by Gasteiger charge is 2.19. The van der Waals surface area contributed by atoms with Gasteiger partial charge in [0.15, 0.2) is 11.0 Å². The first kappa shape index (κ1) is 20.5. The van der Waals surface area contributed by atoms with Crippen LogP contribution in [0.25, 0.3) is 11.0 Å². The number of nitrogens with zero attached hydrogens (tertiary/aromatic N) is 2. The molecular formula is C18H24Cl2N3O3+. The van der Waals surface area contributed by atoms with E-state index in [4.69, 9.17) is 27.9 Å². The maximum absolute atomic E-state index is 11.7. The van der Waals surface area contributed by atoms with Gasteiger partial charge in [-0.25, -0.2) is 9.55 Å². The number of ether oxygens (including phenoxy) is 1. The van der Waals surface area contributed by atoms with E-state index in [0.717, 1.165) is 35.6 Å². The molecule has 0 aliphatic rings. The Morgan fingerprint density at radius 1 is 1.19 bits per heavy atom. The molecule has 6 nitrogen and oxygen atoms in total. The Morgan fingerprint density at radius 3 is 2.50 bits per heavy atom. The third-order valence-corrected chi connectivity index (χ3v) is 4.52. The van der Waals surface area contributed by atoms with Gasteiger partial charge in [0, 0.05) is 43.0 Å². The van der Waals surface area contributed by atoms with Crippen molar-refractivity contribution in [2.24, 2.45) is 7.05 Å². The van der Waals surface area contributed by atoms with Gasteiger partial charge < -0.3 is 9.64 Å². The predicted molar refractivity (Wildman–Crippen MR) is 103 cm³/mol. The first-order valence-corrected chi connectivity index (χ1v) is 9.68. The third kappa shape index (κ3) is 5.11. The van der Waals surface area contributed by atoms with Crippen molar-refractivity contribution in [3.8, 4) is 0 Å². The van der Waals surface area contributed by atoms with Gasteiger partial charge in [0.1, 0.15) is 0 Å². The molecule has 1 aromatic heterocycles. The number of imidazole rings is 1. The number of hydrogen-bond donors (Lipinski definition) is 1. The number of H-pyrrole nitrogens is 1. The highest BCUT2D eigenvalue weighted by atomic mass is 35.5. The lowest BCUT2D eigenvalue weighted by molar-refractivity contribution is -0.652. The predicted octanol–water partition coefficient (Wildman–Crippen LogP) is 2.69. The Bertz CT molecular complexity index is 770. The molecule has 1 N–H and O–H groups in total. The second kappa shape index (κ2) is 9.78. The van der Waals surface area contributed by atoms with Crippen molar-refractivity contribution >= 4 is 51.9 Å². The summed E-state index contributed by atoms with van der Waals surface area (Å²) < 4.78 is 6.71. The average molecular weight is 401 g/mol. The van der Waals surface area contributed by atoms with Crippen LogP contribution in [0.3, 0.4) is 0 Å². The molecule has 142 valence electrons. The normalized spacial score (nSPS) is 10.9. The van der Waals surface area contributed by atoms with E-state index < -0.39 is 11.9 Å². The minimum absolute atomic E-state index is 0.143. The summed E-state index contributed by atoms with van der Waals surface area (Å²) in [6.07, 6.45) is 0.795. The molecule has 2 rings (SSSR count). The summed E-state index contributed by atoms with van der Waals surface area (Å²) in [5.74, 6) is 0.930. The number of hydrogen-bond acceptors (Lipinski definition) is 4. The molecule has 0 bridgehead atoms. The molecule has 0 amide bonds. The molecule has 26 heavy (non-hydrogen) atoms. The minimum Gasteiger partial charge on any atom is -0.393 e. The highest BCUT2D eigenvalue weighted by molar-refractivity contribution is 6.18. The number of esters is 2. The van der Waals surface area contributed by atoms with Gasteiger partial charge in [0.2, 0.25) is 0 Å². The van der Waals surface area contributed by atoms with Gasteiger partial charge in [-0.05, 0) is 12.1 Å². The van der Waals surface area contributed by atoms with E-state index in [1.807, 2.05) is 23.7 Å². The number of rotatable bonds is 9. The summed E-state index contributed by atoms with van der Waals surface area (Å²) in [4.78, 5) is 28.3. The van der Waals surface area contributed by atoms with Gasteiger partial charge in [-0.1, -0.05) is 6.92 Å². The number of aromatic amines is 1. The maximum atomic E-state index is 11.7. The van der Waals surface area contributed by atoms with Crippen LogP contribution in [0.5, 0.6) is 0 Å². The first-order chi connectivity index (χ1) is 12.5. The number of carbonyl (C=O) groups is 2. The molecule has 1 heterocycles. The lowest BCUT2D eigenvalue weighted by Crippen LogP contribution is -2.32. The standard InChI is InChI=1S/C18H23Cl2N3O3/c1-3-17(24)26-18(25)7-6-16-21-14-12-13(4-5-15(14)22(16)2)23(10-8-19)11-9-20/h4-5,12H,3,6-11H2,1-2H3/p+1. The molecule has 8 heteroatoms. The number of benzene rings is 1. The first-order valence-electron chi connectivity index (χ1n) is 8.61. The van der Waals surface area contributed by atoms with Crippen LogP contribution in [0.4, 0.5) is 5.69 Å². The molecule has 0 saturated heterocycles. The van der Waals surface area contributed by atoms with Crippen LogP contribution in [0.1, 0.15) is 25.6 Å². The largest absolute Gasteiger partial charge is 0.393 e. The van der Waals surface area contributed by atoms with Gasteiger partial charge >= 0.3 is 11.9 Å². The zero-order valence-electron chi connectivity index (χ0n) is 15.1. The van der Waals surface area contributed by atoms with Gasteiger partial charge in [0.05, 0.1) is 19.9 Å². The summed E-state index contributed by atoms with van der Waals surface area (Å²) >= 11 is 11.8. The number of aromatic nitrogens is 2. The third-order valence-electron chi connectivity index (χ3n) is 4.18. The van der Waals surface area contributed by atoms with Crippen LogP contribution >= 0.6 is 23.2 Å². The Hall–Kier alpha value is -1.79. The minimum atomic E-state index is -0.508. The summed E-state index contributed by atoms with van der Waals surface area (Å²) in [7, 11) is 1.94. The summed E-state index contributed by atoms with van der Waals surface area (Å²) in [5, 5.41) is 0. The lowest BCUT2D eigenvalue weighted by Gasteiger charge is -2.22. The quantitative estimate of drug-likeness (QED) is 0.304. The van der Waals surface area contributed by atoms with Crippen molar-refractivity contribution in [1.82, 2.24) is 4.98 Å². The fourth-order valence-electron chi connectivity index (χ4n) is 2.77. The highest BCUT2D eigenvalue weighted by Crippen LogP contribution is 2.20. The number of carbonyl (C=O) groups excluding carboxylic acids is 2. The zero-order valence-corrected chi connectivity index (χ0v) is 16.6. The second-order valence-corrected chi connectivity index (χ2v) is 6.65. The molecular weight excluding hydrogens is 377 g/mol. The van der Waals surface area contributed by atoms with E-state index in [9.17, 15) is 9.59 Å². The number of halogens is 2. The number of nitrogens with one attached hydrogen (secondary N) is 1. The number of alkyl halides is 2. The Balaban J connectivity index is 2.16. The van der Waals surface area contributed by atoms with Gasteiger partial charge in [-0.3, -0.25) is 9.59 Å². The van der Waals surface area contributed by atoms with E-state index in [2.05, 4.69) is 16.0 Å². The van der Waals surface area contributed by atoms with E-state index in [-0.39, 0.29) is 12.8 Å². The molecule has 0 aliphatic carbocycles. The average Bonchev–Trinajstić information content (AvgIpc) is 2.95. The van der Waals surface area contributed by atoms with E-state index >= 15 is 0 Å². The maximum Gasteiger partial charge on any atom is 0.314 e. The fraction of sp³-hybridized carbons (Fsp3) is 0.500. The lowest BCUT2D eigenvalue weighted by atomic mass is 10.2. The van der Waals surface area contributed by atoms with Crippen LogP contribution in [0, 0.1) is 0 Å². The number of anilines is 1. The smallest absolute Gasteiger partial charge is 0.314 e. The van der Waals surface area contributed by atoms with Crippen molar-refractivity contribution < 1.29 is 18.9 Å². The SMILES string of the molecule is CCC(=O)OC(=O)CCc1[nH]c2cc(N(CCCl)CCCl)ccc2[n+]1C. The van der Waals surface area contributed by atoms with Gasteiger partial charge in [0.25, 0.3) is 5.82 Å². The van der Waals surface area contributed by atoms with Gasteiger partial charge in [-0.15, -0.1) is 23.2 Å². The van der Waals surface area contributed by atoms with Crippen molar-refractivity contribution in [1.29, 1.82) is 0 Å². The monoisotopic (exact) mass is 400 g/mol. The van der Waals surface area contributed by atoms with Gasteiger partial charge in [-0.2, -0.15) is 0 Å². The van der Waals surface area contributed by atoms with Crippen molar-refractivity contribution in [3.63, 3.8) is 0 Å². The van der Waals surface area contributed by atoms with Crippen molar-refractivity contribution in [2.75, 3.05) is 29.7 Å². The molecule has 0 aliphatic heterocycles. The molecule has 0 unspecified atom stereocenters. The molecule has 2 aromatic rings. The van der Waals surface area contributed by atoms with Crippen LogP contribution in [-0.2, 0) is 27.8 Å². The molecule has 0 spiro atoms. The Morgan fingerprint density at radius 2 is 1.88 bits per heavy atom. The van der Waals surface area contributed by atoms with Crippen LogP contribution in [0.15, 0.2) is 18.2 Å². The van der Waals surface area contributed by atoms with E-state index in [1.165, 1.54) is 0 Å². The van der Waals surface area contributed by atoms with Crippen molar-refractivity contribution in [3.05, 3.63) is 24.0 Å². The summed E-state index contributed by atoms with van der Waals surface area (Å²) in [5.41, 5.74) is 3.03. The Labute approximate surface area is 163 Å². The molecule has 1 aromatic carbocycles. The summed E-state index contributed by atoms with van der Waals surface area (Å²) in [6, 6.07) is 6.11.